The fourth-order valence-electron chi connectivity index (χ4n) is 1.52. The standard InChI is InChI=1S/C13H27NO/c1-8-13(5,14(6)7)11(15)9-10-12(2,3)4/h8-10H2,1-7H3. The molecular weight excluding hydrogens is 186 g/mol. The van der Waals surface area contributed by atoms with E-state index in [4.69, 9.17) is 0 Å². The van der Waals surface area contributed by atoms with E-state index in [1.165, 1.54) is 0 Å². The number of rotatable bonds is 5. The monoisotopic (exact) mass is 213 g/mol. The predicted molar refractivity (Wildman–Crippen MR) is 66.1 cm³/mol. The molecule has 1 unspecified atom stereocenters. The third-order valence-corrected chi connectivity index (χ3v) is 3.38. The van der Waals surface area contributed by atoms with Gasteiger partial charge in [-0.15, -0.1) is 0 Å². The molecule has 0 aromatic heterocycles. The average molecular weight is 213 g/mol. The minimum absolute atomic E-state index is 0.247. The summed E-state index contributed by atoms with van der Waals surface area (Å²) in [5.41, 5.74) is -0.0398. The third-order valence-electron chi connectivity index (χ3n) is 3.38. The number of Topliss-reactive ketones (excluding diaryl/α,β-unsaturated/α-hetero) is 1. The van der Waals surface area contributed by atoms with Crippen molar-refractivity contribution in [1.29, 1.82) is 0 Å². The van der Waals surface area contributed by atoms with E-state index < -0.39 is 0 Å². The number of hydrogen-bond donors (Lipinski definition) is 0. The summed E-state index contributed by atoms with van der Waals surface area (Å²) >= 11 is 0. The first-order chi connectivity index (χ1) is 6.63. The molecule has 0 rings (SSSR count). The number of likely N-dealkylation sites (N-methyl/N-ethyl adjacent to an activating group) is 1. The number of ketones is 1. The number of hydrogen-bond acceptors (Lipinski definition) is 2. The van der Waals surface area contributed by atoms with E-state index in [9.17, 15) is 4.79 Å². The SMILES string of the molecule is CCC(C)(C(=O)CCC(C)(C)C)N(C)C. The van der Waals surface area contributed by atoms with Gasteiger partial charge in [-0.2, -0.15) is 0 Å². The molecule has 15 heavy (non-hydrogen) atoms. The van der Waals surface area contributed by atoms with Crippen molar-refractivity contribution in [2.24, 2.45) is 5.41 Å². The van der Waals surface area contributed by atoms with Crippen LogP contribution in [0.4, 0.5) is 0 Å². The molecule has 0 spiro atoms. The van der Waals surface area contributed by atoms with Gasteiger partial charge >= 0.3 is 0 Å². The predicted octanol–water partition coefficient (Wildman–Crippen LogP) is 3.11. The van der Waals surface area contributed by atoms with Gasteiger partial charge in [-0.05, 0) is 39.3 Å². The number of nitrogens with zero attached hydrogens (tertiary/aromatic N) is 1. The fraction of sp³-hybridized carbons (Fsp3) is 0.923. The summed E-state index contributed by atoms with van der Waals surface area (Å²) in [7, 11) is 3.97. The highest BCUT2D eigenvalue weighted by atomic mass is 16.1. The van der Waals surface area contributed by atoms with Gasteiger partial charge in [0.05, 0.1) is 5.54 Å². The molecule has 0 radical (unpaired) electrons. The van der Waals surface area contributed by atoms with Gasteiger partial charge in [-0.1, -0.05) is 27.7 Å². The minimum atomic E-state index is -0.286. The topological polar surface area (TPSA) is 20.3 Å². The second-order valence-electron chi connectivity index (χ2n) is 6.01. The number of carbonyl (C=O) groups is 1. The molecule has 0 aromatic rings. The Morgan fingerprint density at radius 3 is 1.87 bits per heavy atom. The summed E-state index contributed by atoms with van der Waals surface area (Å²) in [4.78, 5) is 14.2. The Morgan fingerprint density at radius 1 is 1.13 bits per heavy atom. The van der Waals surface area contributed by atoms with Crippen LogP contribution in [0.2, 0.25) is 0 Å². The lowest BCUT2D eigenvalue weighted by Crippen LogP contribution is -2.48. The van der Waals surface area contributed by atoms with Crippen LogP contribution in [0.1, 0.15) is 53.9 Å². The molecule has 0 fully saturated rings. The van der Waals surface area contributed by atoms with Crippen LogP contribution in [0.15, 0.2) is 0 Å². The van der Waals surface area contributed by atoms with Gasteiger partial charge in [0, 0.05) is 6.42 Å². The zero-order chi connectivity index (χ0) is 12.3. The highest BCUT2D eigenvalue weighted by Crippen LogP contribution is 2.25. The zero-order valence-corrected chi connectivity index (χ0v) is 11.5. The van der Waals surface area contributed by atoms with Crippen LogP contribution in [0.25, 0.3) is 0 Å². The van der Waals surface area contributed by atoms with E-state index in [0.29, 0.717) is 12.2 Å². The third kappa shape index (κ3) is 4.33. The molecule has 0 N–H and O–H groups in total. The highest BCUT2D eigenvalue weighted by molar-refractivity contribution is 5.87. The summed E-state index contributed by atoms with van der Waals surface area (Å²) in [5, 5.41) is 0. The zero-order valence-electron chi connectivity index (χ0n) is 11.5. The van der Waals surface area contributed by atoms with Crippen LogP contribution in [0, 0.1) is 5.41 Å². The van der Waals surface area contributed by atoms with Crippen LogP contribution in [-0.2, 0) is 4.79 Å². The summed E-state index contributed by atoms with van der Waals surface area (Å²) < 4.78 is 0. The molecule has 0 aliphatic rings. The Kier molecular flexibility index (Phi) is 4.98. The van der Waals surface area contributed by atoms with Crippen molar-refractivity contribution in [3.05, 3.63) is 0 Å². The summed E-state index contributed by atoms with van der Waals surface area (Å²) in [6.07, 6.45) is 2.53. The summed E-state index contributed by atoms with van der Waals surface area (Å²) in [6, 6.07) is 0. The van der Waals surface area contributed by atoms with Crippen LogP contribution in [-0.4, -0.2) is 30.3 Å². The van der Waals surface area contributed by atoms with Gasteiger partial charge in [-0.25, -0.2) is 0 Å². The lowest BCUT2D eigenvalue weighted by molar-refractivity contribution is -0.129. The van der Waals surface area contributed by atoms with Crippen molar-refractivity contribution < 1.29 is 4.79 Å². The minimum Gasteiger partial charge on any atom is -0.298 e. The molecule has 0 saturated carbocycles. The van der Waals surface area contributed by atoms with Crippen LogP contribution in [0.5, 0.6) is 0 Å². The Bertz CT molecular complexity index is 215. The van der Waals surface area contributed by atoms with Gasteiger partial charge in [0.25, 0.3) is 0 Å². The maximum Gasteiger partial charge on any atom is 0.152 e. The largest absolute Gasteiger partial charge is 0.298 e. The molecule has 0 aromatic carbocycles. The van der Waals surface area contributed by atoms with Crippen molar-refractivity contribution in [1.82, 2.24) is 4.90 Å². The molecule has 90 valence electrons. The molecule has 0 heterocycles. The number of carbonyl (C=O) groups excluding carboxylic acids is 1. The van der Waals surface area contributed by atoms with Crippen LogP contribution < -0.4 is 0 Å². The smallest absolute Gasteiger partial charge is 0.152 e. The van der Waals surface area contributed by atoms with Gasteiger partial charge < -0.3 is 0 Å². The molecule has 0 aliphatic heterocycles. The van der Waals surface area contributed by atoms with Crippen molar-refractivity contribution >= 4 is 5.78 Å². The molecule has 0 amide bonds. The van der Waals surface area contributed by atoms with Crippen LogP contribution in [0.3, 0.4) is 0 Å². The second kappa shape index (κ2) is 5.11. The molecular formula is C13H27NO. The van der Waals surface area contributed by atoms with Gasteiger partial charge in [-0.3, -0.25) is 9.69 Å². The maximum atomic E-state index is 12.1. The van der Waals surface area contributed by atoms with E-state index in [1.54, 1.807) is 0 Å². The Labute approximate surface area is 95.0 Å². The maximum absolute atomic E-state index is 12.1. The quantitative estimate of drug-likeness (QED) is 0.699. The summed E-state index contributed by atoms with van der Waals surface area (Å²) in [5.74, 6) is 0.366. The van der Waals surface area contributed by atoms with Gasteiger partial charge in [0.1, 0.15) is 0 Å². The Hall–Kier alpha value is -0.370. The fourth-order valence-corrected chi connectivity index (χ4v) is 1.52. The van der Waals surface area contributed by atoms with Gasteiger partial charge in [0.2, 0.25) is 0 Å². The second-order valence-corrected chi connectivity index (χ2v) is 6.01. The van der Waals surface area contributed by atoms with Crippen molar-refractivity contribution in [3.63, 3.8) is 0 Å². The molecule has 0 saturated heterocycles. The Balaban J connectivity index is 4.43. The molecule has 0 bridgehead atoms. The van der Waals surface area contributed by atoms with E-state index >= 15 is 0 Å². The Morgan fingerprint density at radius 2 is 1.60 bits per heavy atom. The summed E-state index contributed by atoms with van der Waals surface area (Å²) in [6.45, 7) is 10.7. The normalized spacial score (nSPS) is 16.5. The van der Waals surface area contributed by atoms with E-state index in [-0.39, 0.29) is 11.0 Å². The lowest BCUT2D eigenvalue weighted by Gasteiger charge is -2.34. The first kappa shape index (κ1) is 14.6. The van der Waals surface area contributed by atoms with Crippen LogP contribution >= 0.6 is 0 Å². The first-order valence-corrected chi connectivity index (χ1v) is 5.84. The van der Waals surface area contributed by atoms with E-state index in [0.717, 1.165) is 12.8 Å². The highest BCUT2D eigenvalue weighted by Gasteiger charge is 2.33. The van der Waals surface area contributed by atoms with Gasteiger partial charge in [0.15, 0.2) is 5.78 Å². The lowest BCUT2D eigenvalue weighted by atomic mass is 9.83. The van der Waals surface area contributed by atoms with E-state index in [2.05, 4.69) is 27.7 Å². The van der Waals surface area contributed by atoms with E-state index in [1.807, 2.05) is 25.9 Å². The van der Waals surface area contributed by atoms with Crippen molar-refractivity contribution in [3.8, 4) is 0 Å². The molecule has 2 heteroatoms. The molecule has 1 atom stereocenters. The van der Waals surface area contributed by atoms with Crippen molar-refractivity contribution in [2.75, 3.05) is 14.1 Å². The first-order valence-electron chi connectivity index (χ1n) is 5.84. The molecule has 0 aliphatic carbocycles. The van der Waals surface area contributed by atoms with Crippen molar-refractivity contribution in [2.45, 2.75) is 59.4 Å². The average Bonchev–Trinajstić information content (AvgIpc) is 2.11. The molecule has 2 nitrogen and oxygen atoms in total.